The lowest BCUT2D eigenvalue weighted by Gasteiger charge is -2.08. The third-order valence-electron chi connectivity index (χ3n) is 2.41. The van der Waals surface area contributed by atoms with Crippen LogP contribution < -0.4 is 10.6 Å². The Kier molecular flexibility index (Phi) is 18.7. The summed E-state index contributed by atoms with van der Waals surface area (Å²) in [5.41, 5.74) is 0. The van der Waals surface area contributed by atoms with Crippen LogP contribution in [0.25, 0.3) is 0 Å². The number of halogens is 1. The molecule has 17 heavy (non-hydrogen) atoms. The topological polar surface area (TPSA) is 81.6 Å². The Morgan fingerprint density at radius 1 is 0.706 bits per heavy atom. The normalized spacial score (nSPS) is 18.5. The second-order valence-corrected chi connectivity index (χ2v) is 4.38. The van der Waals surface area contributed by atoms with Crippen LogP contribution in [0.2, 0.25) is 0 Å². The molecule has 0 atom stereocenters. The van der Waals surface area contributed by atoms with Crippen LogP contribution in [-0.4, -0.2) is 36.0 Å². The van der Waals surface area contributed by atoms with Gasteiger partial charge in [-0.15, -0.1) is 22.2 Å². The maximum Gasteiger partial charge on any atom is 0.692 e. The smallest absolute Gasteiger partial charge is 0.317 e. The summed E-state index contributed by atoms with van der Waals surface area (Å²) < 4.78 is 8.70. The van der Waals surface area contributed by atoms with Gasteiger partial charge in [0.1, 0.15) is 0 Å². The van der Waals surface area contributed by atoms with Crippen molar-refractivity contribution >= 4 is 20.7 Å². The molecule has 2 heterocycles. The van der Waals surface area contributed by atoms with Crippen molar-refractivity contribution in [3.8, 4) is 0 Å². The largest absolute Gasteiger partial charge is 0.692 e. The van der Waals surface area contributed by atoms with Crippen molar-refractivity contribution < 1.29 is 14.4 Å². The highest BCUT2D eigenvalue weighted by atomic mass is 35.5. The number of hydrogen-bond donors (Lipinski definition) is 4. The van der Waals surface area contributed by atoms with Gasteiger partial charge in [-0.25, -0.2) is 0 Å². The van der Waals surface area contributed by atoms with Crippen molar-refractivity contribution in [2.24, 2.45) is 0 Å². The molecule has 2 saturated heterocycles. The average Bonchev–Trinajstić information content (AvgIpc) is 2.34. The van der Waals surface area contributed by atoms with E-state index in [1.165, 1.54) is 64.7 Å². The van der Waals surface area contributed by atoms with E-state index in [0.717, 1.165) is 0 Å². The Morgan fingerprint density at radius 2 is 0.941 bits per heavy atom. The molecule has 2 rings (SSSR count). The van der Waals surface area contributed by atoms with Crippen molar-refractivity contribution in [1.82, 2.24) is 10.6 Å². The van der Waals surface area contributed by atoms with Gasteiger partial charge in [-0.3, -0.25) is 0 Å². The molecule has 2 aliphatic heterocycles. The fourth-order valence-electron chi connectivity index (χ4n) is 1.60. The summed E-state index contributed by atoms with van der Waals surface area (Å²) in [5, 5.41) is 6.57. The summed E-state index contributed by atoms with van der Waals surface area (Å²) in [6.45, 7) is 5.00. The zero-order chi connectivity index (χ0) is 12.1. The molecule has 0 spiro atoms. The van der Waals surface area contributed by atoms with E-state index in [0.29, 0.717) is 0 Å². The minimum absolute atomic E-state index is 0. The molecular formula is C10H25ClN2O3P+. The summed E-state index contributed by atoms with van der Waals surface area (Å²) in [6, 6.07) is 0. The van der Waals surface area contributed by atoms with E-state index < -0.39 is 8.25 Å². The van der Waals surface area contributed by atoms with Gasteiger partial charge in [-0.05, 0) is 51.9 Å². The predicted molar refractivity (Wildman–Crippen MR) is 72.7 cm³/mol. The average molecular weight is 288 g/mol. The molecule has 0 bridgehead atoms. The summed E-state index contributed by atoms with van der Waals surface area (Å²) in [4.78, 5) is 14.2. The van der Waals surface area contributed by atoms with E-state index in [9.17, 15) is 0 Å². The van der Waals surface area contributed by atoms with E-state index in [1.54, 1.807) is 0 Å². The van der Waals surface area contributed by atoms with Crippen LogP contribution in [0.5, 0.6) is 0 Å². The predicted octanol–water partition coefficient (Wildman–Crippen LogP) is 1.57. The van der Waals surface area contributed by atoms with E-state index >= 15 is 0 Å². The highest BCUT2D eigenvalue weighted by molar-refractivity contribution is 7.30. The van der Waals surface area contributed by atoms with Gasteiger partial charge in [0, 0.05) is 4.57 Å². The molecule has 2 fully saturated rings. The molecule has 2 aliphatic rings. The molecule has 0 saturated carbocycles. The van der Waals surface area contributed by atoms with Crippen molar-refractivity contribution in [1.29, 1.82) is 0 Å². The number of nitrogens with one attached hydrogen (secondary N) is 2. The lowest BCUT2D eigenvalue weighted by molar-refractivity contribution is 0.405. The second-order valence-electron chi connectivity index (χ2n) is 3.87. The third kappa shape index (κ3) is 22.0. The van der Waals surface area contributed by atoms with E-state index in [2.05, 4.69) is 10.6 Å². The van der Waals surface area contributed by atoms with Gasteiger partial charge in [0.2, 0.25) is 0 Å². The molecular weight excluding hydrogens is 263 g/mol. The second kappa shape index (κ2) is 16.2. The number of hydrogen-bond acceptors (Lipinski definition) is 3. The van der Waals surface area contributed by atoms with Crippen molar-refractivity contribution in [3.63, 3.8) is 0 Å². The Bertz CT molecular complexity index is 129. The minimum Gasteiger partial charge on any atom is -0.317 e. The summed E-state index contributed by atoms with van der Waals surface area (Å²) >= 11 is 0. The van der Waals surface area contributed by atoms with Gasteiger partial charge in [0.05, 0.1) is 0 Å². The molecule has 0 aromatic carbocycles. The third-order valence-corrected chi connectivity index (χ3v) is 2.41. The first kappa shape index (κ1) is 19.6. The first-order valence-electron chi connectivity index (χ1n) is 6.00. The zero-order valence-corrected chi connectivity index (χ0v) is 11.9. The fraction of sp³-hybridized carbons (Fsp3) is 1.00. The molecule has 5 nitrogen and oxygen atoms in total. The van der Waals surface area contributed by atoms with Crippen LogP contribution in [-0.2, 0) is 4.57 Å². The maximum atomic E-state index is 8.70. The molecule has 0 aromatic heterocycles. The van der Waals surface area contributed by atoms with Crippen molar-refractivity contribution in [3.05, 3.63) is 0 Å². The summed E-state index contributed by atoms with van der Waals surface area (Å²) in [7, 11) is -2.87. The van der Waals surface area contributed by atoms with Gasteiger partial charge in [0.25, 0.3) is 0 Å². The maximum absolute atomic E-state index is 8.70. The lowest BCUT2D eigenvalue weighted by Crippen LogP contribution is -2.21. The van der Waals surface area contributed by atoms with E-state index in [4.69, 9.17) is 14.4 Å². The first-order valence-corrected chi connectivity index (χ1v) is 7.16. The van der Waals surface area contributed by atoms with Crippen LogP contribution >= 0.6 is 20.7 Å². The quantitative estimate of drug-likeness (QED) is 0.509. The number of piperidine rings is 2. The lowest BCUT2D eigenvalue weighted by atomic mass is 10.2. The first-order chi connectivity index (χ1) is 7.73. The highest BCUT2D eigenvalue weighted by Crippen LogP contribution is 1.98. The minimum atomic E-state index is -2.87. The standard InChI is InChI=1S/2C5H11N.ClH.HO3P/c2*1-2-4-6-5-3-1;;1-4(2)3/h2*6H,1-5H2;1H;(H-,1,2,3)/p+1. The highest BCUT2D eigenvalue weighted by Gasteiger charge is 1.94. The molecule has 0 radical (unpaired) electrons. The monoisotopic (exact) mass is 287 g/mol. The van der Waals surface area contributed by atoms with Gasteiger partial charge >= 0.3 is 8.25 Å². The Hall–Kier alpha value is 0.230. The molecule has 0 amide bonds. The SMILES string of the molecule is C1CCNCC1.C1CCNCC1.Cl.O=[P+](O)O. The molecule has 0 aliphatic carbocycles. The van der Waals surface area contributed by atoms with Gasteiger partial charge in [0.15, 0.2) is 0 Å². The van der Waals surface area contributed by atoms with Crippen LogP contribution in [0.3, 0.4) is 0 Å². The van der Waals surface area contributed by atoms with Crippen LogP contribution in [0.4, 0.5) is 0 Å². The summed E-state index contributed by atoms with van der Waals surface area (Å²) in [6.07, 6.45) is 8.43. The Balaban J connectivity index is 0. The van der Waals surface area contributed by atoms with Crippen molar-refractivity contribution in [2.45, 2.75) is 38.5 Å². The van der Waals surface area contributed by atoms with Gasteiger partial charge in [-0.2, -0.15) is 0 Å². The Labute approximate surface area is 111 Å². The molecule has 0 unspecified atom stereocenters. The molecule has 4 N–H and O–H groups in total. The fourth-order valence-corrected chi connectivity index (χ4v) is 1.60. The molecule has 0 aromatic rings. The van der Waals surface area contributed by atoms with Crippen LogP contribution in [0.1, 0.15) is 38.5 Å². The van der Waals surface area contributed by atoms with Crippen LogP contribution in [0.15, 0.2) is 0 Å². The summed E-state index contributed by atoms with van der Waals surface area (Å²) in [5.74, 6) is 0. The molecule has 104 valence electrons. The van der Waals surface area contributed by atoms with Gasteiger partial charge in [-0.1, -0.05) is 12.8 Å². The Morgan fingerprint density at radius 3 is 1.00 bits per heavy atom. The molecule has 7 heteroatoms. The number of rotatable bonds is 0. The van der Waals surface area contributed by atoms with E-state index in [-0.39, 0.29) is 12.4 Å². The van der Waals surface area contributed by atoms with E-state index in [1.807, 2.05) is 0 Å². The van der Waals surface area contributed by atoms with Gasteiger partial charge < -0.3 is 10.6 Å². The van der Waals surface area contributed by atoms with Crippen LogP contribution in [0, 0.1) is 0 Å². The zero-order valence-electron chi connectivity index (χ0n) is 10.2. The van der Waals surface area contributed by atoms with Crippen molar-refractivity contribution in [2.75, 3.05) is 26.2 Å².